The molecule has 0 saturated heterocycles. The fourth-order valence-corrected chi connectivity index (χ4v) is 5.73. The fourth-order valence-electron chi connectivity index (χ4n) is 5.73. The Morgan fingerprint density at radius 2 is 0.452 bits per heavy atom. The molecule has 0 aliphatic carbocycles. The first-order valence-corrected chi connectivity index (χ1v) is 14.4. The number of rotatable bonds is 0. The summed E-state index contributed by atoms with van der Waals surface area (Å²) >= 11 is 0. The highest BCUT2D eigenvalue weighted by Crippen LogP contribution is 2.44. The Hall–Kier alpha value is -4.52. The summed E-state index contributed by atoms with van der Waals surface area (Å²) in [4.78, 5) is 0. The van der Waals surface area contributed by atoms with E-state index in [-0.39, 0.29) is 0 Å². The Balaban J connectivity index is 1.19. The van der Waals surface area contributed by atoms with Gasteiger partial charge in [0.05, 0.1) is 26.4 Å². The molecule has 0 atom stereocenters. The van der Waals surface area contributed by atoms with Gasteiger partial charge in [0.25, 0.3) is 0 Å². The highest BCUT2D eigenvalue weighted by Gasteiger charge is 2.17. The van der Waals surface area contributed by atoms with Gasteiger partial charge in [0.15, 0.2) is 0 Å². The minimum atomic E-state index is 0.417. The van der Waals surface area contributed by atoms with Crippen LogP contribution in [0.2, 0.25) is 0 Å². The van der Waals surface area contributed by atoms with Crippen molar-refractivity contribution >= 4 is 43.1 Å². The maximum atomic E-state index is 6.37. The second-order valence-corrected chi connectivity index (χ2v) is 10.1. The van der Waals surface area contributed by atoms with Crippen LogP contribution in [0, 0.1) is 0 Å². The molecule has 2 aliphatic heterocycles. The zero-order valence-electron chi connectivity index (χ0n) is 23.3. The maximum absolute atomic E-state index is 6.37. The Morgan fingerprint density at radius 3 is 0.643 bits per heavy atom. The summed E-state index contributed by atoms with van der Waals surface area (Å²) in [7, 11) is 0. The van der Waals surface area contributed by atoms with Gasteiger partial charge in [-0.3, -0.25) is 0 Å². The molecule has 0 amide bonds. The third kappa shape index (κ3) is 5.04. The van der Waals surface area contributed by atoms with Crippen molar-refractivity contribution in [2.75, 3.05) is 52.9 Å². The highest BCUT2D eigenvalue weighted by molar-refractivity contribution is 6.12. The normalized spacial score (nSPS) is 15.4. The fraction of sp³-hybridized carbons (Fsp3) is 0.222. The zero-order chi connectivity index (χ0) is 28.1. The molecule has 2 aliphatic rings. The quantitative estimate of drug-likeness (QED) is 0.141. The first kappa shape index (κ1) is 26.4. The predicted octanol–water partition coefficient (Wildman–Crippen LogP) is 7.56. The van der Waals surface area contributed by atoms with Crippen LogP contribution in [0.3, 0.4) is 0 Å². The van der Waals surface area contributed by atoms with Gasteiger partial charge in [0.1, 0.15) is 49.4 Å². The van der Waals surface area contributed by atoms with Gasteiger partial charge in [-0.05, 0) is 0 Å². The van der Waals surface area contributed by atoms with Crippen LogP contribution >= 0.6 is 0 Å². The molecule has 6 aromatic carbocycles. The lowest BCUT2D eigenvalue weighted by atomic mass is 10.0. The molecule has 8 rings (SSSR count). The molecular weight excluding hydrogens is 528 g/mol. The van der Waals surface area contributed by atoms with Crippen LogP contribution < -0.4 is 18.9 Å². The van der Waals surface area contributed by atoms with Crippen LogP contribution in [0.5, 0.6) is 23.0 Å². The van der Waals surface area contributed by atoms with Gasteiger partial charge < -0.3 is 28.4 Å². The first-order valence-electron chi connectivity index (χ1n) is 14.4. The van der Waals surface area contributed by atoms with Gasteiger partial charge in [-0.15, -0.1) is 0 Å². The van der Waals surface area contributed by atoms with Crippen molar-refractivity contribution < 1.29 is 28.4 Å². The van der Waals surface area contributed by atoms with Crippen molar-refractivity contribution in [1.82, 2.24) is 0 Å². The van der Waals surface area contributed by atoms with E-state index in [2.05, 4.69) is 48.5 Å². The van der Waals surface area contributed by atoms with Crippen molar-refractivity contribution in [2.24, 2.45) is 0 Å². The number of ether oxygens (including phenoxy) is 6. The smallest absolute Gasteiger partial charge is 0.135 e. The summed E-state index contributed by atoms with van der Waals surface area (Å²) in [5, 5.41) is 8.06. The molecule has 0 spiro atoms. The Kier molecular flexibility index (Phi) is 7.63. The van der Waals surface area contributed by atoms with Gasteiger partial charge in [-0.1, -0.05) is 97.1 Å². The van der Waals surface area contributed by atoms with E-state index in [1.807, 2.05) is 48.5 Å². The summed E-state index contributed by atoms with van der Waals surface area (Å²) in [5.74, 6) is 3.34. The van der Waals surface area contributed by atoms with Crippen molar-refractivity contribution in [1.29, 1.82) is 0 Å². The molecule has 2 heterocycles. The van der Waals surface area contributed by atoms with E-state index in [4.69, 9.17) is 28.4 Å². The summed E-state index contributed by atoms with van der Waals surface area (Å²) in [6, 6.07) is 32.8. The lowest BCUT2D eigenvalue weighted by Gasteiger charge is -2.19. The van der Waals surface area contributed by atoms with Crippen LogP contribution in [-0.4, -0.2) is 52.9 Å². The predicted molar refractivity (Wildman–Crippen MR) is 167 cm³/mol. The standard InChI is InChI=1S/C36H32O6/c1-2-10-26-25(9-1)33-27-11-3-4-12-28(27)34(26)40-22-18-38-20-24-42-36-31-15-7-5-13-29(31)35(30-14-6-8-16-32(30)36)41-23-19-37-17-21-39-33/h1-16H,17-24H2. The lowest BCUT2D eigenvalue weighted by molar-refractivity contribution is 0.0768. The molecule has 0 radical (unpaired) electrons. The van der Waals surface area contributed by atoms with Crippen molar-refractivity contribution in [3.8, 4) is 23.0 Å². The molecule has 6 nitrogen and oxygen atoms in total. The molecule has 0 N–H and O–H groups in total. The zero-order valence-corrected chi connectivity index (χ0v) is 23.3. The van der Waals surface area contributed by atoms with Crippen LogP contribution in [-0.2, 0) is 9.47 Å². The van der Waals surface area contributed by atoms with Crippen molar-refractivity contribution in [2.45, 2.75) is 0 Å². The monoisotopic (exact) mass is 560 g/mol. The largest absolute Gasteiger partial charge is 0.490 e. The third-order valence-electron chi connectivity index (χ3n) is 7.56. The van der Waals surface area contributed by atoms with Gasteiger partial charge in [0, 0.05) is 43.1 Å². The summed E-state index contributed by atoms with van der Waals surface area (Å²) in [5.41, 5.74) is 0. The number of benzene rings is 6. The molecule has 0 unspecified atom stereocenters. The van der Waals surface area contributed by atoms with Crippen LogP contribution in [0.1, 0.15) is 0 Å². The van der Waals surface area contributed by atoms with E-state index >= 15 is 0 Å². The Bertz CT molecular complexity index is 1480. The summed E-state index contributed by atoms with van der Waals surface area (Å²) in [6.07, 6.45) is 0. The van der Waals surface area contributed by atoms with Gasteiger partial charge in [0.2, 0.25) is 0 Å². The van der Waals surface area contributed by atoms with Gasteiger partial charge in [-0.2, -0.15) is 0 Å². The minimum Gasteiger partial charge on any atom is -0.490 e. The topological polar surface area (TPSA) is 55.4 Å². The molecule has 4 bridgehead atoms. The molecule has 0 fully saturated rings. The average molecular weight is 561 g/mol. The van der Waals surface area contributed by atoms with Crippen LogP contribution in [0.4, 0.5) is 0 Å². The lowest BCUT2D eigenvalue weighted by Crippen LogP contribution is -2.14. The van der Waals surface area contributed by atoms with E-state index in [1.54, 1.807) is 0 Å². The molecule has 6 aromatic rings. The summed E-state index contributed by atoms with van der Waals surface area (Å²) in [6.45, 7) is 3.43. The van der Waals surface area contributed by atoms with Crippen molar-refractivity contribution in [3.63, 3.8) is 0 Å². The molecular formula is C36H32O6. The molecule has 212 valence electrons. The van der Waals surface area contributed by atoms with E-state index in [1.165, 1.54) is 0 Å². The number of hydrogen-bond donors (Lipinski definition) is 0. The molecule has 6 heteroatoms. The molecule has 0 saturated carbocycles. The van der Waals surface area contributed by atoms with Gasteiger partial charge >= 0.3 is 0 Å². The van der Waals surface area contributed by atoms with Crippen molar-refractivity contribution in [3.05, 3.63) is 97.1 Å². The third-order valence-corrected chi connectivity index (χ3v) is 7.56. The van der Waals surface area contributed by atoms with Crippen LogP contribution in [0.15, 0.2) is 97.1 Å². The Labute approximate surface area is 244 Å². The maximum Gasteiger partial charge on any atom is 0.135 e. The second kappa shape index (κ2) is 12.1. The first-order chi connectivity index (χ1) is 20.9. The number of fused-ring (bicyclic) bond motifs is 13. The summed E-state index contributed by atoms with van der Waals surface area (Å²) < 4.78 is 37.4. The second-order valence-electron chi connectivity index (χ2n) is 10.1. The average Bonchev–Trinajstić information content (AvgIpc) is 3.04. The minimum absolute atomic E-state index is 0.417. The highest BCUT2D eigenvalue weighted by atomic mass is 16.6. The van der Waals surface area contributed by atoms with E-state index in [0.717, 1.165) is 66.1 Å². The van der Waals surface area contributed by atoms with E-state index in [0.29, 0.717) is 52.9 Å². The number of hydrogen-bond acceptors (Lipinski definition) is 6. The van der Waals surface area contributed by atoms with E-state index < -0.39 is 0 Å². The molecule has 42 heavy (non-hydrogen) atoms. The Morgan fingerprint density at radius 1 is 0.262 bits per heavy atom. The molecule has 0 aromatic heterocycles. The SMILES string of the molecule is c1ccc2c3c4ccccc4c(c2c1)OCCOCCOc1c2ccccc2c(c2ccccc12)OCCOCCO3. The van der Waals surface area contributed by atoms with Gasteiger partial charge in [-0.25, -0.2) is 0 Å². The van der Waals surface area contributed by atoms with Crippen LogP contribution in [0.25, 0.3) is 43.1 Å². The van der Waals surface area contributed by atoms with E-state index in [9.17, 15) is 0 Å².